The van der Waals surface area contributed by atoms with Gasteiger partial charge < -0.3 is 0 Å². The van der Waals surface area contributed by atoms with Crippen molar-refractivity contribution in [3.05, 3.63) is 0 Å². The average molecular weight is 185 g/mol. The van der Waals surface area contributed by atoms with Gasteiger partial charge in [-0.25, -0.2) is 5.48 Å². The maximum atomic E-state index is 5.48. The molecule has 1 saturated carbocycles. The minimum absolute atomic E-state index is 0.0608. The summed E-state index contributed by atoms with van der Waals surface area (Å²) in [6, 6.07) is 0. The van der Waals surface area contributed by atoms with Gasteiger partial charge in [-0.1, -0.05) is 19.3 Å². The van der Waals surface area contributed by atoms with E-state index in [1.807, 2.05) is 0 Å². The number of hydrogen-bond donors (Lipinski definition) is 1. The topological polar surface area (TPSA) is 21.3 Å². The summed E-state index contributed by atoms with van der Waals surface area (Å²) in [6.45, 7) is 7.24. The van der Waals surface area contributed by atoms with Crippen LogP contribution < -0.4 is 5.48 Å². The van der Waals surface area contributed by atoms with Crippen molar-refractivity contribution in [2.24, 2.45) is 5.92 Å². The second kappa shape index (κ2) is 4.97. The van der Waals surface area contributed by atoms with E-state index >= 15 is 0 Å². The van der Waals surface area contributed by atoms with Crippen LogP contribution in [-0.2, 0) is 4.84 Å². The third-order valence-electron chi connectivity index (χ3n) is 2.48. The van der Waals surface area contributed by atoms with Gasteiger partial charge in [0.25, 0.3) is 0 Å². The summed E-state index contributed by atoms with van der Waals surface area (Å²) in [4.78, 5) is 5.48. The van der Waals surface area contributed by atoms with Crippen molar-refractivity contribution in [1.82, 2.24) is 5.48 Å². The van der Waals surface area contributed by atoms with Crippen molar-refractivity contribution in [3.8, 4) is 0 Å². The van der Waals surface area contributed by atoms with E-state index in [4.69, 9.17) is 4.84 Å². The van der Waals surface area contributed by atoms with E-state index in [1.165, 1.54) is 32.1 Å². The molecule has 0 saturated heterocycles. The fourth-order valence-electron chi connectivity index (χ4n) is 1.77. The summed E-state index contributed by atoms with van der Waals surface area (Å²) >= 11 is 0. The third kappa shape index (κ3) is 5.27. The van der Waals surface area contributed by atoms with Crippen LogP contribution in [0.25, 0.3) is 0 Å². The Morgan fingerprint density at radius 2 is 1.77 bits per heavy atom. The second-order valence-electron chi connectivity index (χ2n) is 5.07. The molecule has 0 aromatic rings. The highest BCUT2D eigenvalue weighted by Crippen LogP contribution is 2.22. The Kier molecular flexibility index (Phi) is 4.20. The van der Waals surface area contributed by atoms with Crippen LogP contribution >= 0.6 is 0 Å². The molecule has 0 aromatic carbocycles. The van der Waals surface area contributed by atoms with Crippen molar-refractivity contribution >= 4 is 0 Å². The molecule has 13 heavy (non-hydrogen) atoms. The highest BCUT2D eigenvalue weighted by Gasteiger charge is 2.15. The molecule has 0 unspecified atom stereocenters. The van der Waals surface area contributed by atoms with E-state index < -0.39 is 0 Å². The highest BCUT2D eigenvalue weighted by molar-refractivity contribution is 4.66. The predicted molar refractivity (Wildman–Crippen MR) is 55.4 cm³/mol. The third-order valence-corrected chi connectivity index (χ3v) is 2.48. The van der Waals surface area contributed by atoms with Crippen LogP contribution in [-0.4, -0.2) is 12.1 Å². The second-order valence-corrected chi connectivity index (χ2v) is 5.07. The smallest absolute Gasteiger partial charge is 0.0812 e. The van der Waals surface area contributed by atoms with Gasteiger partial charge in [0, 0.05) is 6.54 Å². The van der Waals surface area contributed by atoms with Gasteiger partial charge in [-0.2, -0.15) is 0 Å². The van der Waals surface area contributed by atoms with Crippen molar-refractivity contribution < 1.29 is 4.84 Å². The lowest BCUT2D eigenvalue weighted by Gasteiger charge is -2.25. The van der Waals surface area contributed by atoms with Gasteiger partial charge in [0.2, 0.25) is 0 Å². The molecule has 1 aliphatic carbocycles. The van der Waals surface area contributed by atoms with Crippen LogP contribution in [0.5, 0.6) is 0 Å². The molecule has 78 valence electrons. The van der Waals surface area contributed by atoms with Crippen molar-refractivity contribution in [1.29, 1.82) is 0 Å². The number of nitrogens with one attached hydrogen (secondary N) is 1. The molecule has 2 heteroatoms. The molecule has 0 amide bonds. The largest absolute Gasteiger partial charge is 0.296 e. The Labute approximate surface area is 82.0 Å². The van der Waals surface area contributed by atoms with Gasteiger partial charge in [-0.05, 0) is 39.5 Å². The van der Waals surface area contributed by atoms with Crippen LogP contribution in [0.3, 0.4) is 0 Å². The van der Waals surface area contributed by atoms with Crippen LogP contribution in [0, 0.1) is 5.92 Å². The van der Waals surface area contributed by atoms with E-state index in [0.29, 0.717) is 0 Å². The molecule has 1 aliphatic rings. The zero-order chi connectivity index (χ0) is 9.73. The Hall–Kier alpha value is -0.0800. The molecule has 1 fully saturated rings. The standard InChI is InChI=1S/C11H23NO/c1-11(2,3)13-12-9-10-7-5-4-6-8-10/h10,12H,4-9H2,1-3H3. The molecule has 0 aromatic heterocycles. The van der Waals surface area contributed by atoms with Gasteiger partial charge in [0.05, 0.1) is 5.60 Å². The summed E-state index contributed by atoms with van der Waals surface area (Å²) in [5, 5.41) is 0. The van der Waals surface area contributed by atoms with Crippen LogP contribution in [0.1, 0.15) is 52.9 Å². The van der Waals surface area contributed by atoms with Crippen molar-refractivity contribution in [2.45, 2.75) is 58.5 Å². The van der Waals surface area contributed by atoms with E-state index in [9.17, 15) is 0 Å². The van der Waals surface area contributed by atoms with E-state index in [0.717, 1.165) is 12.5 Å². The van der Waals surface area contributed by atoms with E-state index in [1.54, 1.807) is 0 Å². The molecule has 0 bridgehead atoms. The van der Waals surface area contributed by atoms with Gasteiger partial charge >= 0.3 is 0 Å². The first kappa shape index (κ1) is 11.0. The van der Waals surface area contributed by atoms with Gasteiger partial charge in [-0.15, -0.1) is 0 Å². The van der Waals surface area contributed by atoms with Gasteiger partial charge in [-0.3, -0.25) is 4.84 Å². The quantitative estimate of drug-likeness (QED) is 0.683. The average Bonchev–Trinajstić information content (AvgIpc) is 2.04. The number of hydrogen-bond acceptors (Lipinski definition) is 2. The molecule has 0 atom stereocenters. The summed E-state index contributed by atoms with van der Waals surface area (Å²) in [5.74, 6) is 0.844. The van der Waals surface area contributed by atoms with Crippen molar-refractivity contribution in [2.75, 3.05) is 6.54 Å². The van der Waals surface area contributed by atoms with E-state index in [-0.39, 0.29) is 5.60 Å². The van der Waals surface area contributed by atoms with Gasteiger partial charge in [0.15, 0.2) is 0 Å². The molecule has 0 radical (unpaired) electrons. The zero-order valence-electron chi connectivity index (χ0n) is 9.23. The monoisotopic (exact) mass is 185 g/mol. The molecule has 1 rings (SSSR count). The molecule has 0 aliphatic heterocycles. The SMILES string of the molecule is CC(C)(C)ONCC1CCCCC1. The summed E-state index contributed by atoms with van der Waals surface area (Å²) in [7, 11) is 0. The first-order valence-electron chi connectivity index (χ1n) is 5.49. The van der Waals surface area contributed by atoms with Crippen molar-refractivity contribution in [3.63, 3.8) is 0 Å². The molecule has 0 spiro atoms. The molecular formula is C11H23NO. The molecule has 1 N–H and O–H groups in total. The van der Waals surface area contributed by atoms with Crippen LogP contribution in [0.2, 0.25) is 0 Å². The lowest BCUT2D eigenvalue weighted by atomic mass is 9.89. The normalized spacial score (nSPS) is 20.5. The highest BCUT2D eigenvalue weighted by atomic mass is 16.7. The summed E-state index contributed by atoms with van der Waals surface area (Å²) < 4.78 is 0. The Morgan fingerprint density at radius 3 is 2.31 bits per heavy atom. The Balaban J connectivity index is 2.04. The predicted octanol–water partition coefficient (Wildman–Crippen LogP) is 2.89. The fraction of sp³-hybridized carbons (Fsp3) is 1.00. The summed E-state index contributed by atoms with van der Waals surface area (Å²) in [5.41, 5.74) is 3.03. The minimum atomic E-state index is -0.0608. The number of hydroxylamine groups is 1. The lowest BCUT2D eigenvalue weighted by Crippen LogP contribution is -2.33. The Bertz CT molecular complexity index is 134. The maximum Gasteiger partial charge on any atom is 0.0812 e. The Morgan fingerprint density at radius 1 is 1.15 bits per heavy atom. The molecular weight excluding hydrogens is 162 g/mol. The zero-order valence-corrected chi connectivity index (χ0v) is 9.23. The minimum Gasteiger partial charge on any atom is -0.296 e. The van der Waals surface area contributed by atoms with Gasteiger partial charge in [0.1, 0.15) is 0 Å². The van der Waals surface area contributed by atoms with Crippen LogP contribution in [0.15, 0.2) is 0 Å². The first-order chi connectivity index (χ1) is 6.08. The lowest BCUT2D eigenvalue weighted by molar-refractivity contribution is -0.0782. The molecule has 0 heterocycles. The molecule has 2 nitrogen and oxygen atoms in total. The first-order valence-corrected chi connectivity index (χ1v) is 5.49. The fourth-order valence-corrected chi connectivity index (χ4v) is 1.77. The maximum absolute atomic E-state index is 5.48. The van der Waals surface area contributed by atoms with Crippen LogP contribution in [0.4, 0.5) is 0 Å². The number of rotatable bonds is 3. The summed E-state index contributed by atoms with van der Waals surface area (Å²) in [6.07, 6.45) is 6.99. The van der Waals surface area contributed by atoms with E-state index in [2.05, 4.69) is 26.3 Å².